The van der Waals surface area contributed by atoms with E-state index in [0.717, 1.165) is 12.1 Å². The molecule has 2 heterocycles. The molecule has 2 aromatic heterocycles. The molecule has 1 aromatic carbocycles. The Morgan fingerprint density at radius 1 is 1.00 bits per heavy atom. The Balaban J connectivity index is 1.91. The third kappa shape index (κ3) is 4.77. The first-order chi connectivity index (χ1) is 15.9. The summed E-state index contributed by atoms with van der Waals surface area (Å²) < 4.78 is 51.6. The van der Waals surface area contributed by atoms with Gasteiger partial charge in [-0.1, -0.05) is 41.5 Å². The molecule has 0 amide bonds. The third-order valence-electron chi connectivity index (χ3n) is 6.19. The number of nitrogen functional groups attached to an aromatic ring is 1. The van der Waals surface area contributed by atoms with Gasteiger partial charge >= 0.3 is 0 Å². The van der Waals surface area contributed by atoms with E-state index in [1.165, 1.54) is 24.4 Å². The Bertz CT molecular complexity index is 1220. The molecular formula is C23H31FN4O4SSi. The largest absolute Gasteiger partial charge is 0.417 e. The van der Waals surface area contributed by atoms with Gasteiger partial charge < -0.3 is 14.6 Å². The molecule has 0 spiro atoms. The number of pyridine rings is 1. The lowest BCUT2D eigenvalue weighted by atomic mass is 10.3. The fraction of sp³-hybridized carbons (Fsp3) is 0.435. The number of hydrogen-bond acceptors (Lipinski definition) is 8. The van der Waals surface area contributed by atoms with E-state index in [4.69, 9.17) is 14.6 Å². The highest BCUT2D eigenvalue weighted by Crippen LogP contribution is 2.42. The van der Waals surface area contributed by atoms with Crippen molar-refractivity contribution < 1.29 is 21.7 Å². The number of benzene rings is 1. The summed E-state index contributed by atoms with van der Waals surface area (Å²) >= 11 is 0. The van der Waals surface area contributed by atoms with Crippen molar-refractivity contribution in [2.75, 3.05) is 5.73 Å². The van der Waals surface area contributed by atoms with Gasteiger partial charge in [0.15, 0.2) is 5.69 Å². The number of anilines is 1. The average molecular weight is 507 g/mol. The van der Waals surface area contributed by atoms with Crippen LogP contribution in [0.25, 0.3) is 11.6 Å². The van der Waals surface area contributed by atoms with Crippen molar-refractivity contribution in [1.82, 2.24) is 15.2 Å². The molecule has 3 aromatic rings. The zero-order valence-corrected chi connectivity index (χ0v) is 22.1. The molecule has 3 rings (SSSR count). The van der Waals surface area contributed by atoms with Crippen LogP contribution >= 0.6 is 0 Å². The topological polar surface area (TPSA) is 121 Å². The van der Waals surface area contributed by atoms with Crippen LogP contribution in [0.4, 0.5) is 10.1 Å². The van der Waals surface area contributed by atoms with E-state index < -0.39 is 24.0 Å². The maximum Gasteiger partial charge on any atom is 0.268 e. The summed E-state index contributed by atoms with van der Waals surface area (Å²) in [4.78, 5) is 3.90. The molecular weight excluding hydrogens is 475 g/mol. The average Bonchev–Trinajstić information content (AvgIpc) is 3.22. The smallest absolute Gasteiger partial charge is 0.268 e. The van der Waals surface area contributed by atoms with Crippen molar-refractivity contribution in [3.63, 3.8) is 0 Å². The lowest BCUT2D eigenvalue weighted by Crippen LogP contribution is -2.47. The van der Waals surface area contributed by atoms with Gasteiger partial charge in [0.2, 0.25) is 24.0 Å². The fourth-order valence-electron chi connectivity index (χ4n) is 4.70. The van der Waals surface area contributed by atoms with Gasteiger partial charge in [0, 0.05) is 6.20 Å². The zero-order valence-electron chi connectivity index (χ0n) is 20.2. The van der Waals surface area contributed by atoms with Crippen molar-refractivity contribution in [1.29, 1.82) is 0 Å². The lowest BCUT2D eigenvalue weighted by molar-refractivity contribution is 0.232. The van der Waals surface area contributed by atoms with E-state index in [2.05, 4.69) is 56.7 Å². The van der Waals surface area contributed by atoms with Crippen molar-refractivity contribution in [2.24, 2.45) is 0 Å². The standard InChI is InChI=1S/C23H31FN4O4SSi/c1-14(2)34(15(3)4,16(5)6)31-13-20-27-28-23(32-20)22-21(25)19(11-12-26-22)33(29,30)18-9-7-17(24)8-10-18/h7-12,14-16H,13,25H2,1-6H3. The molecule has 184 valence electrons. The first kappa shape index (κ1) is 26.0. The Kier molecular flexibility index (Phi) is 7.58. The Morgan fingerprint density at radius 2 is 1.59 bits per heavy atom. The van der Waals surface area contributed by atoms with Gasteiger partial charge in [-0.2, -0.15) is 0 Å². The number of nitrogens with zero attached hydrogens (tertiary/aromatic N) is 3. The fourth-order valence-corrected chi connectivity index (χ4v) is 11.4. The quantitative estimate of drug-likeness (QED) is 0.303. The van der Waals surface area contributed by atoms with Crippen LogP contribution in [0.1, 0.15) is 47.4 Å². The van der Waals surface area contributed by atoms with Gasteiger partial charge in [0.1, 0.15) is 12.4 Å². The number of hydrogen-bond donors (Lipinski definition) is 1. The highest BCUT2D eigenvalue weighted by molar-refractivity contribution is 7.91. The molecule has 0 radical (unpaired) electrons. The number of rotatable bonds is 9. The molecule has 0 saturated carbocycles. The molecule has 0 aliphatic heterocycles. The Labute approximate surface area is 200 Å². The van der Waals surface area contributed by atoms with Crippen LogP contribution < -0.4 is 5.73 Å². The van der Waals surface area contributed by atoms with E-state index in [1.54, 1.807) is 0 Å². The first-order valence-corrected chi connectivity index (χ1v) is 14.7. The van der Waals surface area contributed by atoms with Gasteiger partial charge in [0.25, 0.3) is 5.89 Å². The summed E-state index contributed by atoms with van der Waals surface area (Å²) in [6, 6.07) is 5.79. The van der Waals surface area contributed by atoms with Crippen molar-refractivity contribution in [3.8, 4) is 11.6 Å². The molecule has 0 saturated heterocycles. The molecule has 0 aliphatic rings. The van der Waals surface area contributed by atoms with Crippen LogP contribution in [0.2, 0.25) is 16.6 Å². The minimum Gasteiger partial charge on any atom is -0.417 e. The van der Waals surface area contributed by atoms with Crippen LogP contribution in [-0.2, 0) is 20.9 Å². The minimum atomic E-state index is -4.01. The summed E-state index contributed by atoms with van der Waals surface area (Å²) in [5.41, 5.74) is 7.27. The van der Waals surface area contributed by atoms with Gasteiger partial charge in [-0.25, -0.2) is 17.8 Å². The molecule has 2 N–H and O–H groups in total. The molecule has 0 fully saturated rings. The van der Waals surface area contributed by atoms with E-state index in [9.17, 15) is 12.8 Å². The van der Waals surface area contributed by atoms with Crippen LogP contribution in [0.15, 0.2) is 50.7 Å². The summed E-state index contributed by atoms with van der Waals surface area (Å²) in [7, 11) is -6.15. The minimum absolute atomic E-state index is 0.00170. The van der Waals surface area contributed by atoms with Gasteiger partial charge in [0.05, 0.1) is 15.5 Å². The van der Waals surface area contributed by atoms with Crippen molar-refractivity contribution >= 4 is 23.8 Å². The van der Waals surface area contributed by atoms with E-state index in [1.807, 2.05) is 0 Å². The van der Waals surface area contributed by atoms with Crippen molar-refractivity contribution in [2.45, 2.75) is 74.6 Å². The molecule has 0 bridgehead atoms. The molecule has 0 unspecified atom stereocenters. The zero-order chi connectivity index (χ0) is 25.3. The Morgan fingerprint density at radius 3 is 2.15 bits per heavy atom. The van der Waals surface area contributed by atoms with Crippen LogP contribution in [-0.4, -0.2) is 31.9 Å². The Hall–Kier alpha value is -2.63. The molecule has 34 heavy (non-hydrogen) atoms. The molecule has 0 atom stereocenters. The van der Waals surface area contributed by atoms with Crippen LogP contribution in [0, 0.1) is 5.82 Å². The summed E-state index contributed by atoms with van der Waals surface area (Å²) in [5, 5.41) is 8.09. The third-order valence-corrected chi connectivity index (χ3v) is 14.1. The highest BCUT2D eigenvalue weighted by atomic mass is 32.2. The van der Waals surface area contributed by atoms with Crippen molar-refractivity contribution in [3.05, 3.63) is 48.2 Å². The van der Waals surface area contributed by atoms with Crippen LogP contribution in [0.3, 0.4) is 0 Å². The van der Waals surface area contributed by atoms with E-state index in [-0.39, 0.29) is 39.6 Å². The second-order valence-corrected chi connectivity index (χ2v) is 16.5. The summed E-state index contributed by atoms with van der Waals surface area (Å²) in [5.74, 6) is -0.276. The SMILES string of the molecule is CC(C)[Si](OCc1nnc(-c2nccc(S(=O)(=O)c3ccc(F)cc3)c2N)o1)(C(C)C)C(C)C. The van der Waals surface area contributed by atoms with E-state index >= 15 is 0 Å². The predicted octanol–water partition coefficient (Wildman–Crippen LogP) is 5.38. The van der Waals surface area contributed by atoms with Gasteiger partial charge in [-0.05, 0) is 47.0 Å². The molecule has 0 aliphatic carbocycles. The second-order valence-electron chi connectivity index (χ2n) is 9.14. The second kappa shape index (κ2) is 9.93. The number of halogens is 1. The van der Waals surface area contributed by atoms with E-state index in [0.29, 0.717) is 16.6 Å². The maximum absolute atomic E-state index is 13.2. The highest BCUT2D eigenvalue weighted by Gasteiger charge is 2.45. The number of sulfone groups is 1. The number of aromatic nitrogens is 3. The monoisotopic (exact) mass is 506 g/mol. The summed E-state index contributed by atoms with van der Waals surface area (Å²) in [6.07, 6.45) is 1.30. The first-order valence-electron chi connectivity index (χ1n) is 11.1. The molecule has 11 heteroatoms. The van der Waals surface area contributed by atoms with Crippen LogP contribution in [0.5, 0.6) is 0 Å². The molecule has 8 nitrogen and oxygen atoms in total. The van der Waals surface area contributed by atoms with Gasteiger partial charge in [-0.15, -0.1) is 10.2 Å². The van der Waals surface area contributed by atoms with Gasteiger partial charge in [-0.3, -0.25) is 0 Å². The normalized spacial score (nSPS) is 12.8. The maximum atomic E-state index is 13.2. The lowest BCUT2D eigenvalue weighted by Gasteiger charge is -2.41. The number of nitrogens with two attached hydrogens (primary N) is 1. The predicted molar refractivity (Wildman–Crippen MR) is 130 cm³/mol. The summed E-state index contributed by atoms with van der Waals surface area (Å²) in [6.45, 7) is 13.3.